The number of aromatic nitrogens is 1. The van der Waals surface area contributed by atoms with Gasteiger partial charge in [0.1, 0.15) is 4.90 Å². The Hall–Kier alpha value is -1.76. The minimum atomic E-state index is -3.59. The summed E-state index contributed by atoms with van der Waals surface area (Å²) < 4.78 is 52.1. The number of hydrogen-bond acceptors (Lipinski definition) is 6. The molecule has 2 heterocycles. The summed E-state index contributed by atoms with van der Waals surface area (Å²) in [5, 5.41) is 6.31. The fraction of sp³-hybridized carbons (Fsp3) is 0.625. The third-order valence-corrected chi connectivity index (χ3v) is 7.76. The molecule has 2 rings (SSSR count). The van der Waals surface area contributed by atoms with Gasteiger partial charge in [0.25, 0.3) is 0 Å². The largest absolute Gasteiger partial charge is 0.355 e. The Bertz CT molecular complexity index is 850. The maximum atomic E-state index is 12.1. The Balaban J connectivity index is 1.74. The van der Waals surface area contributed by atoms with Gasteiger partial charge in [0, 0.05) is 51.7 Å². The van der Waals surface area contributed by atoms with Gasteiger partial charge in [-0.2, -0.15) is 0 Å². The van der Waals surface area contributed by atoms with E-state index in [4.69, 9.17) is 0 Å². The lowest BCUT2D eigenvalue weighted by Crippen LogP contribution is -2.50. The number of aliphatic imine (C=N–C) groups is 1. The van der Waals surface area contributed by atoms with Gasteiger partial charge < -0.3 is 10.6 Å². The first-order chi connectivity index (χ1) is 13.3. The SMILES string of the molecule is CCS(=O)(=O)N1CCC(NC(=NC)NCCNS(=O)(=O)c2cccnc2)CC1. The molecule has 10 nitrogen and oxygen atoms in total. The van der Waals surface area contributed by atoms with Gasteiger partial charge in [-0.15, -0.1) is 0 Å². The first-order valence-electron chi connectivity index (χ1n) is 9.13. The highest BCUT2D eigenvalue weighted by molar-refractivity contribution is 7.89. The zero-order chi connectivity index (χ0) is 20.6. The average molecular weight is 433 g/mol. The van der Waals surface area contributed by atoms with Crippen molar-refractivity contribution in [2.75, 3.05) is 39.0 Å². The van der Waals surface area contributed by atoms with Crippen LogP contribution in [0.2, 0.25) is 0 Å². The van der Waals surface area contributed by atoms with Crippen LogP contribution in [0.3, 0.4) is 0 Å². The molecule has 1 saturated heterocycles. The second kappa shape index (κ2) is 10.1. The van der Waals surface area contributed by atoms with Gasteiger partial charge in [0.15, 0.2) is 5.96 Å². The van der Waals surface area contributed by atoms with Crippen molar-refractivity contribution in [2.24, 2.45) is 4.99 Å². The van der Waals surface area contributed by atoms with Crippen molar-refractivity contribution in [1.82, 2.24) is 24.6 Å². The van der Waals surface area contributed by atoms with E-state index >= 15 is 0 Å². The van der Waals surface area contributed by atoms with Gasteiger partial charge in [-0.3, -0.25) is 9.98 Å². The highest BCUT2D eigenvalue weighted by atomic mass is 32.2. The minimum Gasteiger partial charge on any atom is -0.355 e. The molecule has 1 aliphatic heterocycles. The first-order valence-corrected chi connectivity index (χ1v) is 12.2. The van der Waals surface area contributed by atoms with Crippen molar-refractivity contribution < 1.29 is 16.8 Å². The van der Waals surface area contributed by atoms with E-state index in [0.29, 0.717) is 38.4 Å². The number of pyridine rings is 1. The highest BCUT2D eigenvalue weighted by Crippen LogP contribution is 2.14. The van der Waals surface area contributed by atoms with Crippen LogP contribution in [0.15, 0.2) is 34.4 Å². The molecule has 0 bridgehead atoms. The van der Waals surface area contributed by atoms with Gasteiger partial charge in [-0.05, 0) is 31.9 Å². The van der Waals surface area contributed by atoms with Gasteiger partial charge in [-0.25, -0.2) is 25.9 Å². The van der Waals surface area contributed by atoms with Crippen LogP contribution >= 0.6 is 0 Å². The smallest absolute Gasteiger partial charge is 0.242 e. The van der Waals surface area contributed by atoms with Crippen molar-refractivity contribution in [1.29, 1.82) is 0 Å². The molecule has 28 heavy (non-hydrogen) atoms. The number of piperidine rings is 1. The standard InChI is InChI=1S/C16H28N6O4S2/c1-3-27(23,24)22-11-6-14(7-12-22)21-16(17-2)19-9-10-20-28(25,26)15-5-4-8-18-13-15/h4-5,8,13-14,20H,3,6-7,9-12H2,1-2H3,(H2,17,19,21). The molecule has 1 aromatic heterocycles. The topological polar surface area (TPSA) is 133 Å². The molecule has 158 valence electrons. The van der Waals surface area contributed by atoms with E-state index < -0.39 is 20.0 Å². The quantitative estimate of drug-likeness (QED) is 0.282. The van der Waals surface area contributed by atoms with Crippen LogP contribution in [-0.4, -0.2) is 77.1 Å². The number of hydrogen-bond donors (Lipinski definition) is 3. The predicted molar refractivity (Wildman–Crippen MR) is 108 cm³/mol. The summed E-state index contributed by atoms with van der Waals surface area (Å²) in [6.45, 7) is 3.15. The molecule has 1 aromatic rings. The number of nitrogens with zero attached hydrogens (tertiary/aromatic N) is 3. The second-order valence-electron chi connectivity index (χ2n) is 6.30. The summed E-state index contributed by atoms with van der Waals surface area (Å²) in [6, 6.07) is 3.16. The number of nitrogens with one attached hydrogen (secondary N) is 3. The van der Waals surface area contributed by atoms with Crippen molar-refractivity contribution >= 4 is 26.0 Å². The Kier molecular flexibility index (Phi) is 8.16. The fourth-order valence-corrected chi connectivity index (χ4v) is 4.93. The van der Waals surface area contributed by atoms with Gasteiger partial charge in [-0.1, -0.05) is 0 Å². The third-order valence-electron chi connectivity index (χ3n) is 4.43. The predicted octanol–water partition coefficient (Wildman–Crippen LogP) is -0.661. The fourth-order valence-electron chi connectivity index (χ4n) is 2.80. The normalized spacial score (nSPS) is 17.4. The van der Waals surface area contributed by atoms with Crippen LogP contribution < -0.4 is 15.4 Å². The van der Waals surface area contributed by atoms with E-state index in [9.17, 15) is 16.8 Å². The zero-order valence-electron chi connectivity index (χ0n) is 16.1. The Morgan fingerprint density at radius 2 is 1.96 bits per heavy atom. The van der Waals surface area contributed by atoms with Crippen molar-refractivity contribution in [3.8, 4) is 0 Å². The van der Waals surface area contributed by atoms with Crippen LogP contribution in [0, 0.1) is 0 Å². The molecule has 1 fully saturated rings. The van der Waals surface area contributed by atoms with Gasteiger partial charge in [0.2, 0.25) is 20.0 Å². The van der Waals surface area contributed by atoms with Gasteiger partial charge in [0.05, 0.1) is 5.75 Å². The summed E-state index contributed by atoms with van der Waals surface area (Å²) >= 11 is 0. The van der Waals surface area contributed by atoms with E-state index in [1.807, 2.05) is 0 Å². The van der Waals surface area contributed by atoms with Crippen LogP contribution in [0.4, 0.5) is 0 Å². The molecular weight excluding hydrogens is 404 g/mol. The van der Waals surface area contributed by atoms with E-state index in [1.54, 1.807) is 20.0 Å². The lowest BCUT2D eigenvalue weighted by Gasteiger charge is -2.32. The minimum absolute atomic E-state index is 0.113. The van der Waals surface area contributed by atoms with Crippen LogP contribution in [0.1, 0.15) is 19.8 Å². The lowest BCUT2D eigenvalue weighted by atomic mass is 10.1. The first kappa shape index (κ1) is 22.5. The molecule has 1 aliphatic rings. The molecule has 0 radical (unpaired) electrons. The maximum absolute atomic E-state index is 12.1. The Labute approximate surface area is 166 Å². The van der Waals surface area contributed by atoms with Crippen molar-refractivity contribution in [2.45, 2.75) is 30.7 Å². The van der Waals surface area contributed by atoms with E-state index in [-0.39, 0.29) is 23.2 Å². The van der Waals surface area contributed by atoms with Crippen molar-refractivity contribution in [3.05, 3.63) is 24.5 Å². The molecule has 12 heteroatoms. The summed E-state index contributed by atoms with van der Waals surface area (Å²) in [5.41, 5.74) is 0. The molecule has 0 saturated carbocycles. The number of sulfonamides is 2. The zero-order valence-corrected chi connectivity index (χ0v) is 17.8. The van der Waals surface area contributed by atoms with E-state index in [1.165, 1.54) is 22.8 Å². The Morgan fingerprint density at radius 3 is 2.54 bits per heavy atom. The molecule has 0 aliphatic carbocycles. The highest BCUT2D eigenvalue weighted by Gasteiger charge is 2.27. The molecule has 3 N–H and O–H groups in total. The second-order valence-corrected chi connectivity index (χ2v) is 10.3. The average Bonchev–Trinajstić information content (AvgIpc) is 2.71. The molecule has 0 atom stereocenters. The molecule has 0 amide bonds. The van der Waals surface area contributed by atoms with Gasteiger partial charge >= 0.3 is 0 Å². The summed E-state index contributed by atoms with van der Waals surface area (Å²) in [5.74, 6) is 0.667. The van der Waals surface area contributed by atoms with Crippen LogP contribution in [-0.2, 0) is 20.0 Å². The molecular formula is C16H28N6O4S2. The monoisotopic (exact) mass is 432 g/mol. The Morgan fingerprint density at radius 1 is 1.25 bits per heavy atom. The molecule has 0 unspecified atom stereocenters. The van der Waals surface area contributed by atoms with Crippen LogP contribution in [0.25, 0.3) is 0 Å². The summed E-state index contributed by atoms with van der Waals surface area (Å²) in [7, 11) is -5.10. The van der Waals surface area contributed by atoms with E-state index in [2.05, 4.69) is 25.3 Å². The third kappa shape index (κ3) is 6.40. The summed E-state index contributed by atoms with van der Waals surface area (Å²) in [4.78, 5) is 8.06. The molecule has 0 spiro atoms. The lowest BCUT2D eigenvalue weighted by molar-refractivity contribution is 0.306. The van der Waals surface area contributed by atoms with Crippen LogP contribution in [0.5, 0.6) is 0 Å². The number of rotatable bonds is 8. The summed E-state index contributed by atoms with van der Waals surface area (Å²) in [6.07, 6.45) is 4.18. The maximum Gasteiger partial charge on any atom is 0.242 e. The molecule has 0 aromatic carbocycles. The number of guanidine groups is 1. The van der Waals surface area contributed by atoms with E-state index in [0.717, 1.165) is 0 Å². The van der Waals surface area contributed by atoms with Crippen molar-refractivity contribution in [3.63, 3.8) is 0 Å².